The standard InChI is InChI=1S/C14H14Br2N2O2S/c1-18(9-10-5-3-2-4-6-10)21(19,20)14-12(16)7-11(15)8-13(14)17/h2-8H,9,17H2,1H3. The molecule has 0 heterocycles. The van der Waals surface area contributed by atoms with Gasteiger partial charge in [0.15, 0.2) is 0 Å². The molecule has 0 saturated heterocycles. The van der Waals surface area contributed by atoms with Crippen LogP contribution in [0.15, 0.2) is 56.3 Å². The number of hydrogen-bond acceptors (Lipinski definition) is 3. The summed E-state index contributed by atoms with van der Waals surface area (Å²) in [4.78, 5) is 0.0872. The summed E-state index contributed by atoms with van der Waals surface area (Å²) in [6, 6.07) is 12.6. The van der Waals surface area contributed by atoms with E-state index in [1.807, 2.05) is 30.3 Å². The number of hydrogen-bond donors (Lipinski definition) is 1. The highest BCUT2D eigenvalue weighted by atomic mass is 79.9. The van der Waals surface area contributed by atoms with Crippen LogP contribution in [0.3, 0.4) is 0 Å². The maximum atomic E-state index is 12.7. The number of nitrogens with zero attached hydrogens (tertiary/aromatic N) is 1. The average Bonchev–Trinajstić information content (AvgIpc) is 2.38. The van der Waals surface area contributed by atoms with Gasteiger partial charge in [0, 0.05) is 22.5 Å². The van der Waals surface area contributed by atoms with Crippen LogP contribution in [-0.2, 0) is 16.6 Å². The van der Waals surface area contributed by atoms with Crippen LogP contribution >= 0.6 is 31.9 Å². The third-order valence-corrected chi connectivity index (χ3v) is 6.22. The topological polar surface area (TPSA) is 63.4 Å². The predicted octanol–water partition coefficient (Wildman–Crippen LogP) is 3.61. The lowest BCUT2D eigenvalue weighted by Crippen LogP contribution is -2.27. The fourth-order valence-electron chi connectivity index (χ4n) is 1.93. The first-order chi connectivity index (χ1) is 9.82. The molecule has 2 aromatic rings. The molecule has 2 rings (SSSR count). The molecule has 0 aliphatic carbocycles. The fraction of sp³-hybridized carbons (Fsp3) is 0.143. The summed E-state index contributed by atoms with van der Waals surface area (Å²) in [5, 5.41) is 0. The Balaban J connectivity index is 2.38. The van der Waals surface area contributed by atoms with E-state index in [0.29, 0.717) is 4.47 Å². The maximum Gasteiger partial charge on any atom is 0.246 e. The smallest absolute Gasteiger partial charge is 0.246 e. The molecular formula is C14H14Br2N2O2S. The molecule has 112 valence electrons. The Morgan fingerprint density at radius 3 is 2.33 bits per heavy atom. The van der Waals surface area contributed by atoms with E-state index in [0.717, 1.165) is 10.0 Å². The van der Waals surface area contributed by atoms with Gasteiger partial charge in [-0.2, -0.15) is 4.31 Å². The quantitative estimate of drug-likeness (QED) is 0.749. The zero-order chi connectivity index (χ0) is 15.6. The minimum absolute atomic E-state index is 0.0872. The van der Waals surface area contributed by atoms with Crippen LogP contribution in [0.1, 0.15) is 5.56 Å². The van der Waals surface area contributed by atoms with Crippen LogP contribution in [0.2, 0.25) is 0 Å². The molecule has 0 aliphatic heterocycles. The van der Waals surface area contributed by atoms with Crippen LogP contribution in [0.25, 0.3) is 0 Å². The fourth-order valence-corrected chi connectivity index (χ4v) is 5.10. The van der Waals surface area contributed by atoms with Crippen molar-refractivity contribution in [2.75, 3.05) is 12.8 Å². The zero-order valence-electron chi connectivity index (χ0n) is 11.3. The highest BCUT2D eigenvalue weighted by molar-refractivity contribution is 9.11. The van der Waals surface area contributed by atoms with E-state index in [-0.39, 0.29) is 17.1 Å². The van der Waals surface area contributed by atoms with Crippen molar-refractivity contribution < 1.29 is 8.42 Å². The summed E-state index contributed by atoms with van der Waals surface area (Å²) in [5.74, 6) is 0. The van der Waals surface area contributed by atoms with Crippen molar-refractivity contribution in [1.29, 1.82) is 0 Å². The second kappa shape index (κ2) is 6.48. The Hall–Kier alpha value is -0.890. The van der Waals surface area contributed by atoms with E-state index in [2.05, 4.69) is 31.9 Å². The first kappa shape index (κ1) is 16.5. The number of sulfonamides is 1. The predicted molar refractivity (Wildman–Crippen MR) is 91.3 cm³/mol. The number of benzene rings is 2. The number of halogens is 2. The van der Waals surface area contributed by atoms with Crippen molar-refractivity contribution in [3.05, 3.63) is 57.0 Å². The monoisotopic (exact) mass is 432 g/mol. The lowest BCUT2D eigenvalue weighted by molar-refractivity contribution is 0.466. The minimum Gasteiger partial charge on any atom is -0.398 e. The summed E-state index contributed by atoms with van der Waals surface area (Å²) < 4.78 is 27.8. The van der Waals surface area contributed by atoms with Gasteiger partial charge in [0.25, 0.3) is 0 Å². The third kappa shape index (κ3) is 3.66. The van der Waals surface area contributed by atoms with Gasteiger partial charge in [0.05, 0.1) is 5.69 Å². The molecule has 0 aromatic heterocycles. The van der Waals surface area contributed by atoms with Gasteiger partial charge < -0.3 is 5.73 Å². The minimum atomic E-state index is -3.67. The lowest BCUT2D eigenvalue weighted by atomic mass is 10.2. The number of rotatable bonds is 4. The first-order valence-corrected chi connectivity index (χ1v) is 9.10. The van der Waals surface area contributed by atoms with Gasteiger partial charge in [-0.1, -0.05) is 46.3 Å². The molecule has 7 heteroatoms. The summed E-state index contributed by atoms with van der Waals surface area (Å²) in [5.41, 5.74) is 6.99. The summed E-state index contributed by atoms with van der Waals surface area (Å²) in [6.07, 6.45) is 0. The van der Waals surface area contributed by atoms with Gasteiger partial charge >= 0.3 is 0 Å². The van der Waals surface area contributed by atoms with Crippen LogP contribution in [0.5, 0.6) is 0 Å². The van der Waals surface area contributed by atoms with E-state index in [9.17, 15) is 8.42 Å². The molecule has 0 bridgehead atoms. The molecule has 0 saturated carbocycles. The van der Waals surface area contributed by atoms with E-state index in [4.69, 9.17) is 5.73 Å². The summed E-state index contributed by atoms with van der Waals surface area (Å²) in [6.45, 7) is 0.283. The number of nitrogen functional groups attached to an aromatic ring is 1. The summed E-state index contributed by atoms with van der Waals surface area (Å²) in [7, 11) is -2.14. The van der Waals surface area contributed by atoms with Gasteiger partial charge in [-0.3, -0.25) is 0 Å². The van der Waals surface area contributed by atoms with Crippen LogP contribution < -0.4 is 5.73 Å². The van der Waals surface area contributed by atoms with E-state index >= 15 is 0 Å². The molecule has 0 unspecified atom stereocenters. The zero-order valence-corrected chi connectivity index (χ0v) is 15.2. The Morgan fingerprint density at radius 1 is 1.14 bits per heavy atom. The Kier molecular flexibility index (Phi) is 5.08. The molecule has 0 spiro atoms. The Bertz CT molecular complexity index is 726. The molecule has 0 aliphatic rings. The van der Waals surface area contributed by atoms with Gasteiger partial charge in [0.2, 0.25) is 10.0 Å². The van der Waals surface area contributed by atoms with Crippen molar-refractivity contribution in [1.82, 2.24) is 4.31 Å². The molecule has 21 heavy (non-hydrogen) atoms. The van der Waals surface area contributed by atoms with Gasteiger partial charge in [-0.05, 0) is 33.6 Å². The number of nitrogens with two attached hydrogens (primary N) is 1. The average molecular weight is 434 g/mol. The van der Waals surface area contributed by atoms with E-state index in [1.165, 1.54) is 11.4 Å². The Labute approximate surface area is 141 Å². The SMILES string of the molecule is CN(Cc1ccccc1)S(=O)(=O)c1c(N)cc(Br)cc1Br. The highest BCUT2D eigenvalue weighted by Gasteiger charge is 2.26. The molecule has 0 atom stereocenters. The highest BCUT2D eigenvalue weighted by Crippen LogP contribution is 2.33. The van der Waals surface area contributed by atoms with Crippen LogP contribution in [-0.4, -0.2) is 19.8 Å². The molecule has 2 N–H and O–H groups in total. The first-order valence-electron chi connectivity index (χ1n) is 6.07. The van der Waals surface area contributed by atoms with Gasteiger partial charge in [-0.25, -0.2) is 8.42 Å². The molecule has 0 amide bonds. The van der Waals surface area contributed by atoms with Crippen LogP contribution in [0.4, 0.5) is 5.69 Å². The molecule has 0 radical (unpaired) electrons. The van der Waals surface area contributed by atoms with Gasteiger partial charge in [-0.15, -0.1) is 0 Å². The summed E-state index contributed by atoms with van der Waals surface area (Å²) >= 11 is 6.56. The van der Waals surface area contributed by atoms with E-state index < -0.39 is 10.0 Å². The molecular weight excluding hydrogens is 420 g/mol. The van der Waals surface area contributed by atoms with Crippen molar-refractivity contribution in [2.45, 2.75) is 11.4 Å². The van der Waals surface area contributed by atoms with Gasteiger partial charge in [0.1, 0.15) is 4.90 Å². The number of anilines is 1. The van der Waals surface area contributed by atoms with Crippen molar-refractivity contribution in [2.24, 2.45) is 0 Å². The maximum absolute atomic E-state index is 12.7. The largest absolute Gasteiger partial charge is 0.398 e. The normalized spacial score (nSPS) is 11.8. The van der Waals surface area contributed by atoms with Crippen molar-refractivity contribution in [3.63, 3.8) is 0 Å². The second-order valence-corrected chi connectivity index (χ2v) is 8.30. The van der Waals surface area contributed by atoms with Crippen molar-refractivity contribution >= 4 is 47.6 Å². The Morgan fingerprint density at radius 2 is 1.76 bits per heavy atom. The third-order valence-electron chi connectivity index (χ3n) is 2.95. The lowest BCUT2D eigenvalue weighted by Gasteiger charge is -2.19. The van der Waals surface area contributed by atoms with Crippen LogP contribution in [0, 0.1) is 0 Å². The molecule has 2 aromatic carbocycles. The molecule has 4 nitrogen and oxygen atoms in total. The molecule has 0 fully saturated rings. The van der Waals surface area contributed by atoms with E-state index in [1.54, 1.807) is 12.1 Å². The van der Waals surface area contributed by atoms with Crippen molar-refractivity contribution in [3.8, 4) is 0 Å². The second-order valence-electron chi connectivity index (χ2n) is 4.55.